The first kappa shape index (κ1) is 19.2. The molecule has 0 unspecified atom stereocenters. The molecule has 1 aliphatic rings. The van der Waals surface area contributed by atoms with E-state index < -0.39 is 0 Å². The van der Waals surface area contributed by atoms with Crippen LogP contribution in [0.15, 0.2) is 36.5 Å². The fourth-order valence-corrected chi connectivity index (χ4v) is 3.49. The smallest absolute Gasteiger partial charge is 0.251 e. The number of nitrogens with zero attached hydrogens (tertiary/aromatic N) is 3. The normalized spacial score (nSPS) is 14.2. The van der Waals surface area contributed by atoms with Crippen LogP contribution in [0.3, 0.4) is 0 Å². The molecule has 1 aromatic carbocycles. The summed E-state index contributed by atoms with van der Waals surface area (Å²) in [6.45, 7) is 6.36. The van der Waals surface area contributed by atoms with Gasteiger partial charge in [-0.15, -0.1) is 0 Å². The van der Waals surface area contributed by atoms with Gasteiger partial charge < -0.3 is 15.1 Å². The molecule has 0 aliphatic carbocycles. The number of benzene rings is 1. The molecule has 2 amide bonds. The molecule has 0 saturated carbocycles. The molecule has 1 aliphatic heterocycles. The maximum atomic E-state index is 12.4. The fourth-order valence-electron chi connectivity index (χ4n) is 3.25. The van der Waals surface area contributed by atoms with E-state index >= 15 is 0 Å². The lowest BCUT2D eigenvalue weighted by atomic mass is 10.1. The number of halogens is 1. The van der Waals surface area contributed by atoms with E-state index in [0.29, 0.717) is 36.8 Å². The number of aryl methyl sites for hydroxylation is 2. The number of carbonyl (C=O) groups is 2. The van der Waals surface area contributed by atoms with Gasteiger partial charge in [-0.25, -0.2) is 4.98 Å². The summed E-state index contributed by atoms with van der Waals surface area (Å²) in [5.41, 5.74) is 2.63. The number of hydrogen-bond donors (Lipinski definition) is 1. The summed E-state index contributed by atoms with van der Waals surface area (Å²) in [5, 5.41) is 3.33. The van der Waals surface area contributed by atoms with Crippen LogP contribution >= 0.6 is 11.6 Å². The Morgan fingerprint density at radius 2 is 1.78 bits per heavy atom. The lowest BCUT2D eigenvalue weighted by Crippen LogP contribution is -2.51. The molecule has 3 rings (SSSR count). The number of rotatable bonds is 4. The quantitative estimate of drug-likeness (QED) is 0.876. The van der Waals surface area contributed by atoms with Gasteiger partial charge in [0, 0.05) is 37.9 Å². The van der Waals surface area contributed by atoms with Crippen LogP contribution in [0, 0.1) is 13.8 Å². The number of nitrogens with one attached hydrogen (secondary N) is 1. The Hall–Kier alpha value is -2.60. The first-order chi connectivity index (χ1) is 12.9. The Bertz CT molecular complexity index is 827. The van der Waals surface area contributed by atoms with Crippen LogP contribution in [-0.4, -0.2) is 54.4 Å². The second-order valence-electron chi connectivity index (χ2n) is 6.74. The second kappa shape index (κ2) is 8.39. The summed E-state index contributed by atoms with van der Waals surface area (Å²) in [7, 11) is 0. The molecule has 142 valence electrons. The molecular weight excluding hydrogens is 364 g/mol. The van der Waals surface area contributed by atoms with Gasteiger partial charge in [-0.2, -0.15) is 0 Å². The van der Waals surface area contributed by atoms with E-state index in [9.17, 15) is 9.59 Å². The highest BCUT2D eigenvalue weighted by atomic mass is 35.5. The summed E-state index contributed by atoms with van der Waals surface area (Å²) in [6.07, 6.45) is 1.71. The van der Waals surface area contributed by atoms with E-state index in [-0.39, 0.29) is 18.4 Å². The maximum Gasteiger partial charge on any atom is 0.251 e. The number of carbonyl (C=O) groups excluding carboxylic acids is 2. The van der Waals surface area contributed by atoms with Gasteiger partial charge in [-0.1, -0.05) is 28.8 Å². The molecule has 0 spiro atoms. The molecule has 0 atom stereocenters. The van der Waals surface area contributed by atoms with Gasteiger partial charge in [0.05, 0.1) is 11.6 Å². The van der Waals surface area contributed by atoms with Gasteiger partial charge in [0.15, 0.2) is 0 Å². The van der Waals surface area contributed by atoms with Gasteiger partial charge in [-0.3, -0.25) is 9.59 Å². The van der Waals surface area contributed by atoms with Crippen molar-refractivity contribution >= 4 is 29.2 Å². The predicted octanol–water partition coefficient (Wildman–Crippen LogP) is 2.43. The van der Waals surface area contributed by atoms with E-state index in [0.717, 1.165) is 16.9 Å². The molecule has 7 heteroatoms. The highest BCUT2D eigenvalue weighted by Gasteiger charge is 2.23. The average Bonchev–Trinajstić information content (AvgIpc) is 2.65. The topological polar surface area (TPSA) is 65.5 Å². The van der Waals surface area contributed by atoms with Crippen molar-refractivity contribution < 1.29 is 9.59 Å². The monoisotopic (exact) mass is 386 g/mol. The lowest BCUT2D eigenvalue weighted by molar-refractivity contribution is -0.130. The summed E-state index contributed by atoms with van der Waals surface area (Å²) in [6, 6.07) is 9.26. The third-order valence-electron chi connectivity index (χ3n) is 4.56. The summed E-state index contributed by atoms with van der Waals surface area (Å²) < 4.78 is 0. The van der Waals surface area contributed by atoms with Crippen molar-refractivity contribution in [1.29, 1.82) is 0 Å². The maximum absolute atomic E-state index is 12.4. The lowest BCUT2D eigenvalue weighted by Gasteiger charge is -2.35. The van der Waals surface area contributed by atoms with Crippen LogP contribution < -0.4 is 10.2 Å². The second-order valence-corrected chi connectivity index (χ2v) is 7.14. The number of piperazine rings is 1. The molecule has 2 heterocycles. The molecule has 1 aromatic heterocycles. The van der Waals surface area contributed by atoms with E-state index in [1.807, 2.05) is 38.1 Å². The minimum Gasteiger partial charge on any atom is -0.352 e. The number of pyridine rings is 1. The van der Waals surface area contributed by atoms with Crippen LogP contribution in [-0.2, 0) is 4.79 Å². The van der Waals surface area contributed by atoms with Crippen molar-refractivity contribution in [2.24, 2.45) is 0 Å². The molecular formula is C20H23ClN4O2. The largest absolute Gasteiger partial charge is 0.352 e. The molecule has 27 heavy (non-hydrogen) atoms. The fraction of sp³-hybridized carbons (Fsp3) is 0.350. The average molecular weight is 387 g/mol. The van der Waals surface area contributed by atoms with Crippen molar-refractivity contribution in [3.63, 3.8) is 0 Å². The zero-order chi connectivity index (χ0) is 19.4. The van der Waals surface area contributed by atoms with Gasteiger partial charge in [0.2, 0.25) is 5.91 Å². The molecule has 1 fully saturated rings. The molecule has 1 saturated heterocycles. The highest BCUT2D eigenvalue weighted by molar-refractivity contribution is 6.32. The molecule has 6 nitrogen and oxygen atoms in total. The van der Waals surface area contributed by atoms with Gasteiger partial charge in [-0.05, 0) is 38.1 Å². The Balaban J connectivity index is 1.51. The number of anilines is 1. The summed E-state index contributed by atoms with van der Waals surface area (Å²) >= 11 is 6.19. The zero-order valence-electron chi connectivity index (χ0n) is 15.5. The summed E-state index contributed by atoms with van der Waals surface area (Å²) in [5.74, 6) is 0.433. The standard InChI is InChI=1S/C20H23ClN4O2/c1-14-10-15(2)12-16(11-14)20(27)23-13-18(26)24-6-8-25(9-7-24)19-17(21)4-3-5-22-19/h3-5,10-12H,6-9,13H2,1-2H3,(H,23,27). The Labute approximate surface area is 164 Å². The minimum atomic E-state index is -0.228. The Kier molecular flexibility index (Phi) is 5.96. The number of amides is 2. The molecule has 0 bridgehead atoms. The van der Waals surface area contributed by atoms with Crippen LogP contribution in [0.2, 0.25) is 5.02 Å². The third kappa shape index (κ3) is 4.77. The minimum absolute atomic E-state index is 0.00380. The van der Waals surface area contributed by atoms with Gasteiger partial charge in [0.25, 0.3) is 5.91 Å². The first-order valence-electron chi connectivity index (χ1n) is 8.94. The predicted molar refractivity (Wildman–Crippen MR) is 106 cm³/mol. The van der Waals surface area contributed by atoms with Crippen LogP contribution in [0.4, 0.5) is 5.82 Å². The molecule has 1 N–H and O–H groups in total. The Morgan fingerprint density at radius 1 is 1.11 bits per heavy atom. The van der Waals surface area contributed by atoms with E-state index in [1.54, 1.807) is 17.2 Å². The SMILES string of the molecule is Cc1cc(C)cc(C(=O)NCC(=O)N2CCN(c3ncccc3Cl)CC2)c1. The van der Waals surface area contributed by atoms with Crippen molar-refractivity contribution in [3.8, 4) is 0 Å². The highest BCUT2D eigenvalue weighted by Crippen LogP contribution is 2.23. The van der Waals surface area contributed by atoms with Crippen LogP contribution in [0.25, 0.3) is 0 Å². The number of hydrogen-bond acceptors (Lipinski definition) is 4. The van der Waals surface area contributed by atoms with Crippen molar-refractivity contribution in [2.45, 2.75) is 13.8 Å². The van der Waals surface area contributed by atoms with Crippen LogP contribution in [0.1, 0.15) is 21.5 Å². The zero-order valence-corrected chi connectivity index (χ0v) is 16.3. The van der Waals surface area contributed by atoms with Gasteiger partial charge in [0.1, 0.15) is 5.82 Å². The van der Waals surface area contributed by atoms with Crippen molar-refractivity contribution in [3.05, 3.63) is 58.2 Å². The summed E-state index contributed by atoms with van der Waals surface area (Å²) in [4.78, 5) is 32.9. The number of aromatic nitrogens is 1. The van der Waals surface area contributed by atoms with Crippen molar-refractivity contribution in [2.75, 3.05) is 37.6 Å². The van der Waals surface area contributed by atoms with E-state index in [4.69, 9.17) is 11.6 Å². The van der Waals surface area contributed by atoms with E-state index in [2.05, 4.69) is 15.2 Å². The van der Waals surface area contributed by atoms with Gasteiger partial charge >= 0.3 is 0 Å². The Morgan fingerprint density at radius 3 is 2.41 bits per heavy atom. The third-order valence-corrected chi connectivity index (χ3v) is 4.85. The first-order valence-corrected chi connectivity index (χ1v) is 9.31. The molecule has 0 radical (unpaired) electrons. The molecule has 2 aromatic rings. The van der Waals surface area contributed by atoms with Crippen LogP contribution in [0.5, 0.6) is 0 Å². The van der Waals surface area contributed by atoms with E-state index in [1.165, 1.54) is 0 Å². The van der Waals surface area contributed by atoms with Crippen molar-refractivity contribution in [1.82, 2.24) is 15.2 Å².